The van der Waals surface area contributed by atoms with Crippen molar-refractivity contribution < 1.29 is 23.9 Å². The standard InChI is InChI=1S/C17H21FN4O4/c18-11-3-1-2-10(9-4-5-9)15(11)16(25)21-12-7-22(8-13(12)23)14(24)6-20-17(19)26/h1-3,9,12-13,23H,4-8H2,(H,21,25)(H3,19,20,26)/t12-,13-/m1/s1. The molecule has 2 aliphatic rings. The zero-order valence-electron chi connectivity index (χ0n) is 14.1. The third-order valence-corrected chi connectivity index (χ3v) is 4.66. The van der Waals surface area contributed by atoms with Crippen molar-refractivity contribution in [2.75, 3.05) is 19.6 Å². The normalized spacial score (nSPS) is 22.2. The van der Waals surface area contributed by atoms with Crippen LogP contribution in [0.2, 0.25) is 0 Å². The number of aliphatic hydroxyl groups excluding tert-OH is 1. The first-order chi connectivity index (χ1) is 12.4. The molecule has 0 unspecified atom stereocenters. The van der Waals surface area contributed by atoms with E-state index in [1.54, 1.807) is 12.1 Å². The largest absolute Gasteiger partial charge is 0.389 e. The summed E-state index contributed by atoms with van der Waals surface area (Å²) >= 11 is 0. The minimum atomic E-state index is -0.979. The van der Waals surface area contributed by atoms with Gasteiger partial charge in [-0.1, -0.05) is 12.1 Å². The second kappa shape index (κ2) is 7.28. The van der Waals surface area contributed by atoms with Crippen LogP contribution in [0.1, 0.15) is 34.7 Å². The minimum absolute atomic E-state index is 0.00220. The van der Waals surface area contributed by atoms with Crippen molar-refractivity contribution in [2.24, 2.45) is 5.73 Å². The lowest BCUT2D eigenvalue weighted by Gasteiger charge is -2.18. The lowest BCUT2D eigenvalue weighted by atomic mass is 10.0. The lowest BCUT2D eigenvalue weighted by Crippen LogP contribution is -2.44. The van der Waals surface area contributed by atoms with Gasteiger partial charge in [-0.2, -0.15) is 0 Å². The van der Waals surface area contributed by atoms with Crippen LogP contribution in [0.15, 0.2) is 18.2 Å². The Morgan fingerprint density at radius 1 is 1.27 bits per heavy atom. The molecule has 1 heterocycles. The van der Waals surface area contributed by atoms with Crippen molar-refractivity contribution in [1.29, 1.82) is 0 Å². The van der Waals surface area contributed by atoms with Crippen LogP contribution in [0.4, 0.5) is 9.18 Å². The molecule has 1 aliphatic carbocycles. The number of carbonyl (C=O) groups is 3. The van der Waals surface area contributed by atoms with Gasteiger partial charge in [0.2, 0.25) is 5.91 Å². The van der Waals surface area contributed by atoms with Crippen molar-refractivity contribution in [3.63, 3.8) is 0 Å². The van der Waals surface area contributed by atoms with Gasteiger partial charge in [0, 0.05) is 13.1 Å². The third kappa shape index (κ3) is 3.93. The molecule has 1 saturated carbocycles. The molecule has 26 heavy (non-hydrogen) atoms. The predicted molar refractivity (Wildman–Crippen MR) is 89.8 cm³/mol. The molecular formula is C17H21FN4O4. The van der Waals surface area contributed by atoms with Gasteiger partial charge in [0.25, 0.3) is 5.91 Å². The number of primary amides is 1. The fraction of sp³-hybridized carbons (Fsp3) is 0.471. The molecule has 140 valence electrons. The summed E-state index contributed by atoms with van der Waals surface area (Å²) < 4.78 is 14.2. The first-order valence-electron chi connectivity index (χ1n) is 8.45. The number of aliphatic hydroxyl groups is 1. The Morgan fingerprint density at radius 2 is 2.00 bits per heavy atom. The van der Waals surface area contributed by atoms with Gasteiger partial charge in [0.1, 0.15) is 5.82 Å². The average Bonchev–Trinajstić information content (AvgIpc) is 3.37. The van der Waals surface area contributed by atoms with Crippen LogP contribution in [0.25, 0.3) is 0 Å². The van der Waals surface area contributed by atoms with Crippen molar-refractivity contribution in [3.8, 4) is 0 Å². The van der Waals surface area contributed by atoms with Crippen molar-refractivity contribution >= 4 is 17.8 Å². The number of amides is 4. The molecule has 1 aromatic rings. The maximum atomic E-state index is 14.2. The van der Waals surface area contributed by atoms with E-state index >= 15 is 0 Å². The van der Waals surface area contributed by atoms with E-state index in [9.17, 15) is 23.9 Å². The Balaban J connectivity index is 1.65. The highest BCUT2D eigenvalue weighted by Gasteiger charge is 2.36. The molecule has 9 heteroatoms. The highest BCUT2D eigenvalue weighted by atomic mass is 19.1. The fourth-order valence-corrected chi connectivity index (χ4v) is 3.16. The van der Waals surface area contributed by atoms with Gasteiger partial charge < -0.3 is 26.4 Å². The summed E-state index contributed by atoms with van der Waals surface area (Å²) in [6, 6.07) is 3.02. The highest BCUT2D eigenvalue weighted by molar-refractivity contribution is 5.96. The molecule has 3 rings (SSSR count). The van der Waals surface area contributed by atoms with Gasteiger partial charge in [0.15, 0.2) is 0 Å². The van der Waals surface area contributed by atoms with Crippen molar-refractivity contribution in [2.45, 2.75) is 30.9 Å². The number of carbonyl (C=O) groups excluding carboxylic acids is 3. The number of β-amino-alcohol motifs (C(OH)–C–C–N with tert-alkyl or cyclic N) is 1. The van der Waals surface area contributed by atoms with Crippen molar-refractivity contribution in [1.82, 2.24) is 15.5 Å². The van der Waals surface area contributed by atoms with Gasteiger partial charge in [-0.15, -0.1) is 0 Å². The molecule has 2 atom stereocenters. The number of nitrogens with zero attached hydrogens (tertiary/aromatic N) is 1. The van der Waals surface area contributed by atoms with Crippen LogP contribution in [0.5, 0.6) is 0 Å². The molecule has 8 nitrogen and oxygen atoms in total. The Kier molecular flexibility index (Phi) is 5.08. The van der Waals surface area contributed by atoms with E-state index in [0.717, 1.165) is 12.8 Å². The van der Waals surface area contributed by atoms with E-state index in [1.165, 1.54) is 11.0 Å². The van der Waals surface area contributed by atoms with Gasteiger partial charge in [-0.3, -0.25) is 9.59 Å². The van der Waals surface area contributed by atoms with Crippen LogP contribution in [-0.2, 0) is 4.79 Å². The Bertz CT molecular complexity index is 737. The third-order valence-electron chi connectivity index (χ3n) is 4.66. The highest BCUT2D eigenvalue weighted by Crippen LogP contribution is 2.42. The van der Waals surface area contributed by atoms with Gasteiger partial charge in [-0.05, 0) is 30.4 Å². The SMILES string of the molecule is NC(=O)NCC(=O)N1C[C@@H](O)[C@H](NC(=O)c2c(F)cccc2C2CC2)C1. The Hall–Kier alpha value is -2.68. The van der Waals surface area contributed by atoms with Gasteiger partial charge >= 0.3 is 6.03 Å². The molecule has 1 saturated heterocycles. The summed E-state index contributed by atoms with van der Waals surface area (Å²) in [5, 5.41) is 14.9. The Morgan fingerprint density at radius 3 is 2.65 bits per heavy atom. The monoisotopic (exact) mass is 364 g/mol. The molecule has 5 N–H and O–H groups in total. The number of halogens is 1. The van der Waals surface area contributed by atoms with Crippen molar-refractivity contribution in [3.05, 3.63) is 35.1 Å². The molecule has 0 bridgehead atoms. The van der Waals surface area contributed by atoms with E-state index < -0.39 is 35.8 Å². The minimum Gasteiger partial charge on any atom is -0.389 e. The molecule has 0 spiro atoms. The van der Waals surface area contributed by atoms with E-state index in [4.69, 9.17) is 5.73 Å². The smallest absolute Gasteiger partial charge is 0.312 e. The second-order valence-electron chi connectivity index (χ2n) is 6.64. The molecule has 0 radical (unpaired) electrons. The topological polar surface area (TPSA) is 125 Å². The molecule has 2 fully saturated rings. The number of nitrogens with one attached hydrogen (secondary N) is 2. The Labute approximate surface area is 149 Å². The molecule has 1 aromatic carbocycles. The first kappa shape index (κ1) is 18.1. The lowest BCUT2D eigenvalue weighted by molar-refractivity contribution is -0.129. The predicted octanol–water partition coefficient (Wildman–Crippen LogP) is -0.327. The number of urea groups is 1. The number of hydrogen-bond acceptors (Lipinski definition) is 4. The maximum Gasteiger partial charge on any atom is 0.312 e. The van der Waals surface area contributed by atoms with E-state index in [-0.39, 0.29) is 31.1 Å². The maximum absolute atomic E-state index is 14.2. The van der Waals surface area contributed by atoms with Gasteiger partial charge in [0.05, 0.1) is 24.3 Å². The summed E-state index contributed by atoms with van der Waals surface area (Å²) in [5.41, 5.74) is 5.60. The van der Waals surface area contributed by atoms with E-state index in [1.807, 2.05) is 0 Å². The second-order valence-corrected chi connectivity index (χ2v) is 6.64. The average molecular weight is 364 g/mol. The molecule has 4 amide bonds. The number of likely N-dealkylation sites (tertiary alicyclic amines) is 1. The summed E-state index contributed by atoms with van der Waals surface area (Å²) in [5.74, 6) is -1.43. The van der Waals surface area contributed by atoms with Crippen LogP contribution < -0.4 is 16.4 Å². The molecule has 1 aliphatic heterocycles. The zero-order chi connectivity index (χ0) is 18.8. The van der Waals surface area contributed by atoms with E-state index in [0.29, 0.717) is 5.56 Å². The van der Waals surface area contributed by atoms with Crippen LogP contribution in [0.3, 0.4) is 0 Å². The first-order valence-corrected chi connectivity index (χ1v) is 8.45. The summed E-state index contributed by atoms with van der Waals surface area (Å²) in [7, 11) is 0. The van der Waals surface area contributed by atoms with Crippen LogP contribution in [0, 0.1) is 5.82 Å². The molecular weight excluding hydrogens is 343 g/mol. The molecule has 0 aromatic heterocycles. The van der Waals surface area contributed by atoms with E-state index in [2.05, 4.69) is 10.6 Å². The fourth-order valence-electron chi connectivity index (χ4n) is 3.16. The number of benzene rings is 1. The van der Waals surface area contributed by atoms with Crippen LogP contribution >= 0.6 is 0 Å². The zero-order valence-corrected chi connectivity index (χ0v) is 14.1. The summed E-state index contributed by atoms with van der Waals surface area (Å²) in [6.07, 6.45) is 0.864. The quantitative estimate of drug-likeness (QED) is 0.571. The summed E-state index contributed by atoms with van der Waals surface area (Å²) in [4.78, 5) is 36.5. The number of nitrogens with two attached hydrogens (primary N) is 1. The summed E-state index contributed by atoms with van der Waals surface area (Å²) in [6.45, 7) is -0.210. The van der Waals surface area contributed by atoms with Crippen LogP contribution in [-0.4, -0.2) is 59.6 Å². The number of hydrogen-bond donors (Lipinski definition) is 4. The van der Waals surface area contributed by atoms with Gasteiger partial charge in [-0.25, -0.2) is 9.18 Å². The number of rotatable bonds is 5.